The molecule has 0 spiro atoms. The fourth-order valence-electron chi connectivity index (χ4n) is 2.60. The van der Waals surface area contributed by atoms with E-state index in [4.69, 9.17) is 11.6 Å². The van der Waals surface area contributed by atoms with Gasteiger partial charge in [0.05, 0.1) is 6.54 Å². The van der Waals surface area contributed by atoms with Crippen molar-refractivity contribution < 1.29 is 4.79 Å². The fraction of sp³-hybridized carbons (Fsp3) is 0.529. The van der Waals surface area contributed by atoms with E-state index in [0.717, 1.165) is 49.9 Å². The molecule has 1 aromatic carbocycles. The average molecular weight is 352 g/mol. The van der Waals surface area contributed by atoms with Gasteiger partial charge < -0.3 is 20.4 Å². The van der Waals surface area contributed by atoms with Crippen molar-refractivity contribution >= 4 is 29.2 Å². The normalized spacial score (nSPS) is 15.4. The number of carbonyl (C=O) groups is 1. The first kappa shape index (κ1) is 18.4. The molecule has 2 rings (SSSR count). The average Bonchev–Trinajstić information content (AvgIpc) is 2.62. The minimum absolute atomic E-state index is 0.102. The van der Waals surface area contributed by atoms with E-state index in [1.54, 1.807) is 7.05 Å². The highest BCUT2D eigenvalue weighted by molar-refractivity contribution is 6.30. The van der Waals surface area contributed by atoms with E-state index in [1.165, 1.54) is 0 Å². The van der Waals surface area contributed by atoms with Gasteiger partial charge >= 0.3 is 0 Å². The van der Waals surface area contributed by atoms with Crippen LogP contribution in [0.2, 0.25) is 5.02 Å². The third kappa shape index (κ3) is 5.30. The predicted octanol–water partition coefficient (Wildman–Crippen LogP) is 1.56. The van der Waals surface area contributed by atoms with E-state index < -0.39 is 0 Å². The molecule has 6 nitrogen and oxygen atoms in total. The first-order valence-corrected chi connectivity index (χ1v) is 8.74. The van der Waals surface area contributed by atoms with Gasteiger partial charge in [-0.2, -0.15) is 0 Å². The summed E-state index contributed by atoms with van der Waals surface area (Å²) in [4.78, 5) is 20.6. The number of aliphatic imine (C=N–C) groups is 1. The van der Waals surface area contributed by atoms with Crippen molar-refractivity contribution in [1.82, 2.24) is 15.5 Å². The van der Waals surface area contributed by atoms with E-state index in [0.29, 0.717) is 5.96 Å². The maximum atomic E-state index is 12.3. The zero-order chi connectivity index (χ0) is 17.4. The topological polar surface area (TPSA) is 60.0 Å². The lowest BCUT2D eigenvalue weighted by Gasteiger charge is -2.36. The predicted molar refractivity (Wildman–Crippen MR) is 99.9 cm³/mol. The molecule has 0 bridgehead atoms. The van der Waals surface area contributed by atoms with Gasteiger partial charge in [-0.3, -0.25) is 9.79 Å². The highest BCUT2D eigenvalue weighted by atomic mass is 35.5. The van der Waals surface area contributed by atoms with Crippen LogP contribution in [0.3, 0.4) is 0 Å². The molecule has 1 aliphatic heterocycles. The Labute approximate surface area is 148 Å². The molecule has 0 atom stereocenters. The molecule has 0 aromatic heterocycles. The molecule has 1 fully saturated rings. The van der Waals surface area contributed by atoms with Crippen LogP contribution in [-0.2, 0) is 4.79 Å². The Morgan fingerprint density at radius 1 is 1.17 bits per heavy atom. The molecule has 0 unspecified atom stereocenters. The van der Waals surface area contributed by atoms with Crippen LogP contribution in [0, 0.1) is 0 Å². The van der Waals surface area contributed by atoms with Crippen LogP contribution in [0.15, 0.2) is 29.3 Å². The van der Waals surface area contributed by atoms with Gasteiger partial charge in [0.15, 0.2) is 5.96 Å². The summed E-state index contributed by atoms with van der Waals surface area (Å²) in [6, 6.07) is 7.83. The van der Waals surface area contributed by atoms with Gasteiger partial charge in [-0.15, -0.1) is 0 Å². The quantitative estimate of drug-likeness (QED) is 0.624. The summed E-state index contributed by atoms with van der Waals surface area (Å²) >= 11 is 5.93. The third-order valence-corrected chi connectivity index (χ3v) is 4.25. The molecule has 0 saturated carbocycles. The van der Waals surface area contributed by atoms with E-state index in [-0.39, 0.29) is 12.5 Å². The molecular formula is C17H26ClN5O. The number of amides is 1. The molecule has 7 heteroatoms. The molecule has 132 valence electrons. The van der Waals surface area contributed by atoms with Crippen molar-refractivity contribution in [2.45, 2.75) is 13.3 Å². The summed E-state index contributed by atoms with van der Waals surface area (Å²) in [5.74, 6) is 0.773. The Kier molecular flexibility index (Phi) is 7.18. The van der Waals surface area contributed by atoms with E-state index in [1.807, 2.05) is 29.2 Å². The van der Waals surface area contributed by atoms with Gasteiger partial charge in [-0.25, -0.2) is 0 Å². The Morgan fingerprint density at radius 3 is 2.42 bits per heavy atom. The van der Waals surface area contributed by atoms with Gasteiger partial charge in [-0.05, 0) is 30.7 Å². The van der Waals surface area contributed by atoms with Crippen molar-refractivity contribution in [1.29, 1.82) is 0 Å². The molecule has 1 heterocycles. The number of guanidine groups is 1. The van der Waals surface area contributed by atoms with E-state index in [9.17, 15) is 4.79 Å². The van der Waals surface area contributed by atoms with Crippen LogP contribution in [0.5, 0.6) is 0 Å². The third-order valence-electron chi connectivity index (χ3n) is 4.00. The standard InChI is InChI=1S/C17H26ClN5O/c1-3-8-20-17(19-2)21-13-16(24)23-11-9-22(10-12-23)15-6-4-14(18)5-7-15/h4-7H,3,8-13H2,1-2H3,(H2,19,20,21). The van der Waals surface area contributed by atoms with Crippen molar-refractivity contribution in [2.75, 3.05) is 51.2 Å². The van der Waals surface area contributed by atoms with Gasteiger partial charge in [0, 0.05) is 50.5 Å². The Hall–Kier alpha value is -1.95. The lowest BCUT2D eigenvalue weighted by atomic mass is 10.2. The van der Waals surface area contributed by atoms with Crippen molar-refractivity contribution in [3.63, 3.8) is 0 Å². The summed E-state index contributed by atoms with van der Waals surface area (Å²) in [6.45, 7) is 6.31. The van der Waals surface area contributed by atoms with Crippen LogP contribution >= 0.6 is 11.6 Å². The second kappa shape index (κ2) is 9.37. The molecule has 0 radical (unpaired) electrons. The molecule has 2 N–H and O–H groups in total. The highest BCUT2D eigenvalue weighted by Gasteiger charge is 2.21. The van der Waals surface area contributed by atoms with Gasteiger partial charge in [0.1, 0.15) is 0 Å². The molecule has 1 saturated heterocycles. The zero-order valence-corrected chi connectivity index (χ0v) is 15.1. The second-order valence-electron chi connectivity index (χ2n) is 5.70. The van der Waals surface area contributed by atoms with Crippen LogP contribution < -0.4 is 15.5 Å². The summed E-state index contributed by atoms with van der Waals surface area (Å²) in [5.41, 5.74) is 1.15. The van der Waals surface area contributed by atoms with E-state index in [2.05, 4.69) is 27.4 Å². The minimum atomic E-state index is 0.102. The molecule has 24 heavy (non-hydrogen) atoms. The van der Waals surface area contributed by atoms with Gasteiger partial charge in [0.25, 0.3) is 0 Å². The molecular weight excluding hydrogens is 326 g/mol. The van der Waals surface area contributed by atoms with E-state index >= 15 is 0 Å². The zero-order valence-electron chi connectivity index (χ0n) is 14.4. The summed E-state index contributed by atoms with van der Waals surface area (Å²) < 4.78 is 0. The number of hydrogen-bond donors (Lipinski definition) is 2. The number of carbonyl (C=O) groups excluding carboxylic acids is 1. The van der Waals surface area contributed by atoms with Gasteiger partial charge in [0.2, 0.25) is 5.91 Å². The lowest BCUT2D eigenvalue weighted by molar-refractivity contribution is -0.130. The monoisotopic (exact) mass is 351 g/mol. The second-order valence-corrected chi connectivity index (χ2v) is 6.13. The molecule has 0 aliphatic carbocycles. The number of nitrogens with zero attached hydrogens (tertiary/aromatic N) is 3. The minimum Gasteiger partial charge on any atom is -0.368 e. The van der Waals surface area contributed by atoms with Crippen LogP contribution in [0.4, 0.5) is 5.69 Å². The van der Waals surface area contributed by atoms with Crippen molar-refractivity contribution in [2.24, 2.45) is 4.99 Å². The number of benzene rings is 1. The molecule has 1 aliphatic rings. The SMILES string of the molecule is CCCNC(=NC)NCC(=O)N1CCN(c2ccc(Cl)cc2)CC1. The van der Waals surface area contributed by atoms with Crippen LogP contribution in [-0.4, -0.2) is 63.1 Å². The number of nitrogens with one attached hydrogen (secondary N) is 2. The molecule has 1 amide bonds. The summed E-state index contributed by atoms with van der Waals surface area (Å²) in [6.07, 6.45) is 1.02. The maximum absolute atomic E-state index is 12.3. The number of halogens is 1. The number of rotatable bonds is 5. The Morgan fingerprint density at radius 2 is 1.83 bits per heavy atom. The summed E-state index contributed by atoms with van der Waals surface area (Å²) in [7, 11) is 1.71. The first-order valence-electron chi connectivity index (χ1n) is 8.37. The fourth-order valence-corrected chi connectivity index (χ4v) is 2.73. The Balaban J connectivity index is 1.77. The highest BCUT2D eigenvalue weighted by Crippen LogP contribution is 2.19. The van der Waals surface area contributed by atoms with Crippen molar-refractivity contribution in [3.8, 4) is 0 Å². The van der Waals surface area contributed by atoms with Gasteiger partial charge in [-0.1, -0.05) is 18.5 Å². The largest absolute Gasteiger partial charge is 0.368 e. The Bertz CT molecular complexity index is 553. The van der Waals surface area contributed by atoms with Crippen LogP contribution in [0.25, 0.3) is 0 Å². The molecule has 1 aromatic rings. The summed E-state index contributed by atoms with van der Waals surface area (Å²) in [5, 5.41) is 6.97. The lowest BCUT2D eigenvalue weighted by Crippen LogP contribution is -2.52. The van der Waals surface area contributed by atoms with Crippen LogP contribution in [0.1, 0.15) is 13.3 Å². The number of piperazine rings is 1. The first-order chi connectivity index (χ1) is 11.6. The maximum Gasteiger partial charge on any atom is 0.242 e. The number of hydrogen-bond acceptors (Lipinski definition) is 3. The van der Waals surface area contributed by atoms with Crippen molar-refractivity contribution in [3.05, 3.63) is 29.3 Å². The smallest absolute Gasteiger partial charge is 0.242 e. The number of anilines is 1.